The topological polar surface area (TPSA) is 0 Å². The van der Waals surface area contributed by atoms with Gasteiger partial charge in [0.15, 0.2) is 0 Å². The van der Waals surface area contributed by atoms with E-state index in [-0.39, 0.29) is 0 Å². The molecule has 1 unspecified atom stereocenters. The van der Waals surface area contributed by atoms with Crippen LogP contribution >= 0.6 is 0 Å². The fraction of sp³-hybridized carbons (Fsp3) is 0.348. The lowest BCUT2D eigenvalue weighted by atomic mass is 9.93. The molecule has 0 aliphatic heterocycles. The molecule has 0 N–H and O–H groups in total. The smallest absolute Gasteiger partial charge is 0.0164 e. The Balaban J connectivity index is 1.90. The number of fused-ring (bicyclic) bond motifs is 1. The predicted molar refractivity (Wildman–Crippen MR) is 101 cm³/mol. The molecule has 0 fully saturated rings. The summed E-state index contributed by atoms with van der Waals surface area (Å²) in [6.45, 7) is 6.81. The molecule has 0 bridgehead atoms. The first kappa shape index (κ1) is 16.1. The molecule has 23 heavy (non-hydrogen) atoms. The average Bonchev–Trinajstić information content (AvgIpc) is 3.02. The number of hydrogen-bond donors (Lipinski definition) is 0. The summed E-state index contributed by atoms with van der Waals surface area (Å²) >= 11 is 0. The molecule has 0 aromatic heterocycles. The molecule has 1 atom stereocenters. The minimum atomic E-state index is 0.638. The monoisotopic (exact) mass is 303 g/mol. The average molecular weight is 303 g/mol. The third-order valence-corrected chi connectivity index (χ3v) is 5.03. The Hall–Kier alpha value is -1.82. The van der Waals surface area contributed by atoms with Crippen LogP contribution in [-0.4, -0.2) is 0 Å². The first-order valence-electron chi connectivity index (χ1n) is 9.01. The van der Waals surface area contributed by atoms with E-state index in [1.54, 1.807) is 0 Å². The van der Waals surface area contributed by atoms with Crippen molar-refractivity contribution in [3.8, 4) is 11.1 Å². The van der Waals surface area contributed by atoms with Gasteiger partial charge in [0.25, 0.3) is 0 Å². The van der Waals surface area contributed by atoms with Crippen molar-refractivity contribution in [2.75, 3.05) is 0 Å². The quantitative estimate of drug-likeness (QED) is 0.538. The van der Waals surface area contributed by atoms with Gasteiger partial charge in [-0.05, 0) is 53.0 Å². The Morgan fingerprint density at radius 3 is 2.43 bits per heavy atom. The lowest BCUT2D eigenvalue weighted by Crippen LogP contribution is -1.91. The summed E-state index contributed by atoms with van der Waals surface area (Å²) in [7, 11) is 0. The van der Waals surface area contributed by atoms with Crippen LogP contribution in [0.15, 0.2) is 48.0 Å². The lowest BCUT2D eigenvalue weighted by molar-refractivity contribution is 0.734. The number of hydrogen-bond acceptors (Lipinski definition) is 0. The van der Waals surface area contributed by atoms with E-state index in [1.807, 2.05) is 0 Å². The van der Waals surface area contributed by atoms with Crippen LogP contribution in [0.2, 0.25) is 0 Å². The van der Waals surface area contributed by atoms with Crippen molar-refractivity contribution >= 4 is 6.08 Å². The zero-order chi connectivity index (χ0) is 16.2. The molecule has 0 heteroatoms. The highest BCUT2D eigenvalue weighted by Crippen LogP contribution is 2.37. The number of allylic oxidation sites excluding steroid dienone is 1. The summed E-state index contributed by atoms with van der Waals surface area (Å²) in [6.07, 6.45) is 9.67. The Morgan fingerprint density at radius 2 is 1.74 bits per heavy atom. The van der Waals surface area contributed by atoms with Gasteiger partial charge in [-0.1, -0.05) is 81.3 Å². The van der Waals surface area contributed by atoms with Gasteiger partial charge in [0, 0.05) is 6.42 Å². The van der Waals surface area contributed by atoms with Gasteiger partial charge in [0.05, 0.1) is 0 Å². The summed E-state index contributed by atoms with van der Waals surface area (Å²) in [5.41, 5.74) is 8.38. The van der Waals surface area contributed by atoms with Gasteiger partial charge >= 0.3 is 0 Å². The molecule has 0 saturated heterocycles. The van der Waals surface area contributed by atoms with E-state index < -0.39 is 0 Å². The molecule has 0 saturated carbocycles. The van der Waals surface area contributed by atoms with Gasteiger partial charge < -0.3 is 0 Å². The molecule has 0 spiro atoms. The van der Waals surface area contributed by atoms with Crippen molar-refractivity contribution in [2.24, 2.45) is 0 Å². The Kier molecular flexibility index (Phi) is 5.00. The van der Waals surface area contributed by atoms with Crippen molar-refractivity contribution in [1.29, 1.82) is 0 Å². The van der Waals surface area contributed by atoms with Crippen molar-refractivity contribution in [2.45, 2.75) is 52.4 Å². The van der Waals surface area contributed by atoms with E-state index in [4.69, 9.17) is 0 Å². The molecular weight excluding hydrogens is 276 g/mol. The fourth-order valence-electron chi connectivity index (χ4n) is 3.30. The fourth-order valence-corrected chi connectivity index (χ4v) is 3.30. The normalized spacial score (nSPS) is 14.5. The van der Waals surface area contributed by atoms with Gasteiger partial charge in [-0.15, -0.1) is 0 Å². The highest BCUT2D eigenvalue weighted by molar-refractivity contribution is 5.83. The predicted octanol–water partition coefficient (Wildman–Crippen LogP) is 7.01. The molecule has 1 radical (unpaired) electrons. The van der Waals surface area contributed by atoms with Crippen molar-refractivity contribution < 1.29 is 0 Å². The molecular formula is C23H27. The highest BCUT2D eigenvalue weighted by atomic mass is 14.2. The van der Waals surface area contributed by atoms with Gasteiger partial charge in [-0.25, -0.2) is 0 Å². The second kappa shape index (κ2) is 7.17. The molecule has 3 rings (SSSR count). The van der Waals surface area contributed by atoms with Crippen molar-refractivity contribution in [3.63, 3.8) is 0 Å². The van der Waals surface area contributed by atoms with Crippen LogP contribution in [0.4, 0.5) is 0 Å². The Morgan fingerprint density at radius 1 is 0.957 bits per heavy atom. The summed E-state index contributed by atoms with van der Waals surface area (Å²) < 4.78 is 0. The first-order chi connectivity index (χ1) is 11.2. The molecule has 1 aliphatic carbocycles. The molecule has 119 valence electrons. The third kappa shape index (κ3) is 3.42. The van der Waals surface area contributed by atoms with Gasteiger partial charge in [0.1, 0.15) is 0 Å². The van der Waals surface area contributed by atoms with Crippen LogP contribution in [0.25, 0.3) is 17.2 Å². The van der Waals surface area contributed by atoms with Gasteiger partial charge in [-0.3, -0.25) is 0 Å². The summed E-state index contributed by atoms with van der Waals surface area (Å²) in [5.74, 6) is 0.638. The first-order valence-corrected chi connectivity index (χ1v) is 9.01. The van der Waals surface area contributed by atoms with Crippen LogP contribution in [0.5, 0.6) is 0 Å². The summed E-state index contributed by atoms with van der Waals surface area (Å²) in [5, 5.41) is 0. The zero-order valence-electron chi connectivity index (χ0n) is 14.6. The number of rotatable bonds is 6. The van der Waals surface area contributed by atoms with Gasteiger partial charge in [0.2, 0.25) is 0 Å². The molecule has 0 amide bonds. The standard InChI is InChI=1S/C23H27/c1-4-6-8-18-15-21-9-7-10-22(23(21)16-18)20-13-11-19(12-14-20)17(3)5-2/h7,9-17H,4-6,8H2,1-3H3. The minimum Gasteiger partial charge on any atom is -0.0654 e. The maximum atomic E-state index is 2.39. The van der Waals surface area contributed by atoms with E-state index in [0.717, 1.165) is 0 Å². The third-order valence-electron chi connectivity index (χ3n) is 5.03. The SMILES string of the molecule is CCCCC1=Cc2c(cccc2-c2ccc(C(C)CC)cc2)[CH]1. The van der Waals surface area contributed by atoms with E-state index in [2.05, 4.69) is 75.7 Å². The summed E-state index contributed by atoms with van der Waals surface area (Å²) in [6, 6.07) is 15.8. The van der Waals surface area contributed by atoms with E-state index in [0.29, 0.717) is 5.92 Å². The molecule has 2 aromatic carbocycles. The maximum absolute atomic E-state index is 2.39. The minimum absolute atomic E-state index is 0.638. The Bertz CT molecular complexity index is 688. The van der Waals surface area contributed by atoms with Crippen molar-refractivity contribution in [1.82, 2.24) is 0 Å². The zero-order valence-corrected chi connectivity index (χ0v) is 14.6. The molecule has 1 aliphatic rings. The van der Waals surface area contributed by atoms with E-state index in [1.165, 1.54) is 59.1 Å². The molecule has 2 aromatic rings. The van der Waals surface area contributed by atoms with Crippen molar-refractivity contribution in [3.05, 3.63) is 71.1 Å². The second-order valence-corrected chi connectivity index (χ2v) is 6.71. The van der Waals surface area contributed by atoms with Crippen LogP contribution < -0.4 is 0 Å². The number of unbranched alkanes of at least 4 members (excludes halogenated alkanes) is 1. The highest BCUT2D eigenvalue weighted by Gasteiger charge is 2.16. The lowest BCUT2D eigenvalue weighted by Gasteiger charge is -2.11. The summed E-state index contributed by atoms with van der Waals surface area (Å²) in [4.78, 5) is 0. The van der Waals surface area contributed by atoms with Crippen LogP contribution in [-0.2, 0) is 0 Å². The van der Waals surface area contributed by atoms with Gasteiger partial charge in [-0.2, -0.15) is 0 Å². The van der Waals surface area contributed by atoms with E-state index in [9.17, 15) is 0 Å². The Labute approximate surface area is 141 Å². The molecule has 0 nitrogen and oxygen atoms in total. The van der Waals surface area contributed by atoms with E-state index >= 15 is 0 Å². The van der Waals surface area contributed by atoms with Crippen LogP contribution in [0.1, 0.15) is 69.1 Å². The molecule has 0 heterocycles. The number of benzene rings is 2. The van der Waals surface area contributed by atoms with Crippen LogP contribution in [0, 0.1) is 6.42 Å². The van der Waals surface area contributed by atoms with Crippen LogP contribution in [0.3, 0.4) is 0 Å². The second-order valence-electron chi connectivity index (χ2n) is 6.71. The maximum Gasteiger partial charge on any atom is 0.0164 e. The largest absolute Gasteiger partial charge is 0.0654 e.